The van der Waals surface area contributed by atoms with E-state index < -0.39 is 12.1 Å². The first kappa shape index (κ1) is 28.5. The molecule has 2 fully saturated rings. The Morgan fingerprint density at radius 1 is 1.35 bits per heavy atom. The fraction of sp³-hybridized carbons (Fsp3) is 0.773. The summed E-state index contributed by atoms with van der Waals surface area (Å²) in [5.41, 5.74) is 1.17. The summed E-state index contributed by atoms with van der Waals surface area (Å²) in [6, 6.07) is 0. The van der Waals surface area contributed by atoms with Crippen molar-refractivity contribution in [1.29, 1.82) is 0 Å². The van der Waals surface area contributed by atoms with Crippen molar-refractivity contribution in [1.82, 2.24) is 14.8 Å². The number of aromatic nitrogens is 1. The number of carboxylic acid groups (broad SMARTS) is 1. The lowest BCUT2D eigenvalue weighted by molar-refractivity contribution is -0.192. The van der Waals surface area contributed by atoms with Crippen molar-refractivity contribution >= 4 is 23.2 Å². The molecule has 2 aliphatic heterocycles. The van der Waals surface area contributed by atoms with Gasteiger partial charge in [-0.2, -0.15) is 13.2 Å². The van der Waals surface area contributed by atoms with Crippen molar-refractivity contribution in [2.24, 2.45) is 11.8 Å². The minimum atomic E-state index is -5.08. The molecule has 0 bridgehead atoms. The molecule has 0 aromatic carbocycles. The van der Waals surface area contributed by atoms with Crippen molar-refractivity contribution in [3.8, 4) is 0 Å². The van der Waals surface area contributed by atoms with Crippen LogP contribution in [0.5, 0.6) is 0 Å². The van der Waals surface area contributed by atoms with E-state index in [2.05, 4.69) is 23.7 Å². The highest BCUT2D eigenvalue weighted by Gasteiger charge is 2.42. The molecule has 0 radical (unpaired) electrons. The monoisotopic (exact) mass is 509 g/mol. The van der Waals surface area contributed by atoms with Crippen LogP contribution in [0.3, 0.4) is 0 Å². The zero-order valence-corrected chi connectivity index (χ0v) is 20.9. The van der Waals surface area contributed by atoms with Crippen molar-refractivity contribution in [2.45, 2.75) is 52.4 Å². The van der Waals surface area contributed by atoms with Crippen LogP contribution in [-0.2, 0) is 25.6 Å². The molecule has 2 saturated heterocycles. The number of aliphatic carboxylic acids is 1. The lowest BCUT2D eigenvalue weighted by Gasteiger charge is -2.35. The molecular formula is C22H34F3N3O5S. The highest BCUT2D eigenvalue weighted by molar-refractivity contribution is 7.11. The molecule has 3 rings (SSSR count). The molecule has 1 aromatic rings. The predicted octanol–water partition coefficient (Wildman–Crippen LogP) is 3.12. The summed E-state index contributed by atoms with van der Waals surface area (Å²) in [6.45, 7) is 12.1. The van der Waals surface area contributed by atoms with E-state index in [4.69, 9.17) is 19.4 Å². The van der Waals surface area contributed by atoms with Crippen LogP contribution in [0, 0.1) is 25.7 Å². The molecule has 8 nitrogen and oxygen atoms in total. The number of carboxylic acids is 1. The van der Waals surface area contributed by atoms with Crippen LogP contribution in [0.2, 0.25) is 0 Å². The molecule has 0 saturated carbocycles. The minimum absolute atomic E-state index is 0.0774. The van der Waals surface area contributed by atoms with Gasteiger partial charge in [0, 0.05) is 44.1 Å². The van der Waals surface area contributed by atoms with E-state index in [1.807, 2.05) is 23.2 Å². The summed E-state index contributed by atoms with van der Waals surface area (Å²) >= 11 is 1.81. The number of rotatable bonds is 8. The average Bonchev–Trinajstić information content (AvgIpc) is 3.30. The van der Waals surface area contributed by atoms with E-state index in [-0.39, 0.29) is 12.0 Å². The number of likely N-dealkylation sites (N-methyl/N-ethyl adjacent to an activating group) is 1. The molecule has 3 heterocycles. The Labute approximate surface area is 202 Å². The molecule has 12 heteroatoms. The molecule has 0 aliphatic carbocycles. The molecule has 194 valence electrons. The number of piperidine rings is 1. The van der Waals surface area contributed by atoms with Crippen LogP contribution in [0.1, 0.15) is 35.3 Å². The van der Waals surface area contributed by atoms with Crippen LogP contribution in [0.15, 0.2) is 0 Å². The molecule has 2 aliphatic rings. The predicted molar refractivity (Wildman–Crippen MR) is 121 cm³/mol. The first-order valence-corrected chi connectivity index (χ1v) is 12.1. The normalized spacial score (nSPS) is 22.6. The smallest absolute Gasteiger partial charge is 0.475 e. The maximum absolute atomic E-state index is 12.6. The minimum Gasteiger partial charge on any atom is -0.475 e. The number of thiazole rings is 1. The highest BCUT2D eigenvalue weighted by atomic mass is 32.1. The van der Waals surface area contributed by atoms with Gasteiger partial charge < -0.3 is 19.5 Å². The first-order valence-electron chi connectivity index (χ1n) is 11.3. The van der Waals surface area contributed by atoms with Crippen molar-refractivity contribution in [2.75, 3.05) is 46.5 Å². The van der Waals surface area contributed by atoms with Gasteiger partial charge in [-0.15, -0.1) is 11.3 Å². The number of carbonyl (C=O) groups excluding carboxylic acids is 1. The summed E-state index contributed by atoms with van der Waals surface area (Å²) < 4.78 is 42.9. The highest BCUT2D eigenvalue weighted by Crippen LogP contribution is 2.37. The molecule has 1 aromatic heterocycles. The number of aryl methyl sites for hydroxylation is 2. The van der Waals surface area contributed by atoms with Gasteiger partial charge in [-0.1, -0.05) is 0 Å². The number of carbonyl (C=O) groups is 2. The Morgan fingerprint density at radius 3 is 2.56 bits per heavy atom. The summed E-state index contributed by atoms with van der Waals surface area (Å²) in [5, 5.41) is 8.27. The van der Waals surface area contributed by atoms with E-state index in [0.29, 0.717) is 31.4 Å². The van der Waals surface area contributed by atoms with E-state index >= 15 is 0 Å². The van der Waals surface area contributed by atoms with Gasteiger partial charge in [0.05, 0.1) is 36.4 Å². The third-order valence-corrected chi connectivity index (χ3v) is 7.22. The fourth-order valence-electron chi connectivity index (χ4n) is 4.40. The molecule has 3 atom stereocenters. The Bertz CT molecular complexity index is 820. The molecule has 0 unspecified atom stereocenters. The van der Waals surface area contributed by atoms with Gasteiger partial charge in [0.1, 0.15) is 0 Å². The standard InChI is InChI=1S/C20H33N3O3S.C2HF3O2/c1-5-23(8-9-25-4)20(24)10-18-17-6-7-22(11-16(17)13-26-18)12-19-14(2)21-15(3)27-19;3-2(4,5)1(6)7/h16-18H,5-13H2,1-4H3;(H,6,7)/t16-,17-,18+;/m1./s1. The Balaban J connectivity index is 0.000000509. The van der Waals surface area contributed by atoms with Gasteiger partial charge in [-0.3, -0.25) is 9.69 Å². The largest absolute Gasteiger partial charge is 0.490 e. The second kappa shape index (κ2) is 12.8. The van der Waals surface area contributed by atoms with E-state index in [9.17, 15) is 18.0 Å². The number of alkyl halides is 3. The molecule has 0 spiro atoms. The fourth-order valence-corrected chi connectivity index (χ4v) is 5.38. The van der Waals surface area contributed by atoms with E-state index in [0.717, 1.165) is 44.2 Å². The first-order chi connectivity index (χ1) is 16.0. The number of hydrogen-bond acceptors (Lipinski definition) is 7. The Kier molecular flexibility index (Phi) is 10.7. The number of methoxy groups -OCH3 is 1. The SMILES string of the molecule is CCN(CCOC)C(=O)C[C@@H]1OC[C@H]2CN(Cc3sc(C)nc3C)CC[C@H]21.O=C(O)C(F)(F)F. The van der Waals surface area contributed by atoms with Gasteiger partial charge in [-0.25, -0.2) is 9.78 Å². The lowest BCUT2D eigenvalue weighted by atomic mass is 9.83. The number of nitrogens with zero attached hydrogens (tertiary/aromatic N) is 3. The summed E-state index contributed by atoms with van der Waals surface area (Å²) in [4.78, 5) is 31.9. The lowest BCUT2D eigenvalue weighted by Crippen LogP contribution is -2.42. The van der Waals surface area contributed by atoms with E-state index in [1.165, 1.54) is 10.6 Å². The summed E-state index contributed by atoms with van der Waals surface area (Å²) in [7, 11) is 1.67. The van der Waals surface area contributed by atoms with Crippen molar-refractivity contribution < 1.29 is 37.3 Å². The van der Waals surface area contributed by atoms with Gasteiger partial charge in [0.15, 0.2) is 0 Å². The molecular weight excluding hydrogens is 475 g/mol. The molecule has 1 N–H and O–H groups in total. The number of fused-ring (bicyclic) bond motifs is 1. The Morgan fingerprint density at radius 2 is 2.03 bits per heavy atom. The summed E-state index contributed by atoms with van der Waals surface area (Å²) in [6.07, 6.45) is -3.39. The van der Waals surface area contributed by atoms with Gasteiger partial charge in [-0.05, 0) is 39.7 Å². The van der Waals surface area contributed by atoms with Crippen LogP contribution >= 0.6 is 11.3 Å². The number of hydrogen-bond donors (Lipinski definition) is 1. The maximum Gasteiger partial charge on any atom is 0.490 e. The van der Waals surface area contributed by atoms with Crippen LogP contribution < -0.4 is 0 Å². The van der Waals surface area contributed by atoms with Crippen LogP contribution in [0.4, 0.5) is 13.2 Å². The quantitative estimate of drug-likeness (QED) is 0.576. The second-order valence-electron chi connectivity index (χ2n) is 8.53. The van der Waals surface area contributed by atoms with Gasteiger partial charge >= 0.3 is 12.1 Å². The third-order valence-electron chi connectivity index (χ3n) is 6.16. The van der Waals surface area contributed by atoms with Gasteiger partial charge in [0.2, 0.25) is 5.91 Å². The second-order valence-corrected chi connectivity index (χ2v) is 9.82. The maximum atomic E-state index is 12.6. The summed E-state index contributed by atoms with van der Waals surface area (Å²) in [5.74, 6) is -1.51. The number of amides is 1. The van der Waals surface area contributed by atoms with Crippen molar-refractivity contribution in [3.05, 3.63) is 15.6 Å². The zero-order valence-electron chi connectivity index (χ0n) is 20.1. The molecule has 1 amide bonds. The van der Waals surface area contributed by atoms with Crippen molar-refractivity contribution in [3.63, 3.8) is 0 Å². The van der Waals surface area contributed by atoms with Crippen LogP contribution in [0.25, 0.3) is 0 Å². The zero-order chi connectivity index (χ0) is 25.5. The van der Waals surface area contributed by atoms with Crippen LogP contribution in [-0.4, -0.2) is 90.5 Å². The topological polar surface area (TPSA) is 92.2 Å². The third kappa shape index (κ3) is 8.17. The van der Waals surface area contributed by atoms with Gasteiger partial charge in [0.25, 0.3) is 0 Å². The average molecular weight is 510 g/mol. The number of halogens is 3. The Hall–Kier alpha value is -1.76. The van der Waals surface area contributed by atoms with E-state index in [1.54, 1.807) is 7.11 Å². The molecule has 34 heavy (non-hydrogen) atoms. The number of ether oxygens (including phenoxy) is 2. The number of likely N-dealkylation sites (tertiary alicyclic amines) is 1.